The zero-order valence-electron chi connectivity index (χ0n) is 23.2. The van der Waals surface area contributed by atoms with Crippen molar-refractivity contribution in [2.24, 2.45) is 0 Å². The predicted octanol–water partition coefficient (Wildman–Crippen LogP) is 7.50. The van der Waals surface area contributed by atoms with Crippen LogP contribution < -0.4 is 10.2 Å². The van der Waals surface area contributed by atoms with Crippen LogP contribution in [-0.2, 0) is 19.6 Å². The van der Waals surface area contributed by atoms with Crippen molar-refractivity contribution in [3.8, 4) is 11.1 Å². The SMILES string of the molecule is O=C(NCc1ccncc1)c1ccc2n1Cc1ccccc1N(C(=O)c1ccc(-c3cccc4ccccc34)cc1Cl)C2. The fourth-order valence-electron chi connectivity index (χ4n) is 5.79. The molecule has 6 aromatic rings. The van der Waals surface area contributed by atoms with Crippen LogP contribution in [0.5, 0.6) is 0 Å². The number of fused-ring (bicyclic) bond motifs is 3. The molecule has 0 fully saturated rings. The maximum atomic E-state index is 14.2. The number of rotatable bonds is 5. The summed E-state index contributed by atoms with van der Waals surface area (Å²) >= 11 is 6.83. The first-order valence-electron chi connectivity index (χ1n) is 14.1. The number of nitrogens with one attached hydrogen (secondary N) is 1. The molecule has 7 rings (SSSR count). The van der Waals surface area contributed by atoms with Crippen molar-refractivity contribution >= 4 is 39.9 Å². The second kappa shape index (κ2) is 11.2. The van der Waals surface area contributed by atoms with Crippen molar-refractivity contribution in [1.82, 2.24) is 14.9 Å². The van der Waals surface area contributed by atoms with Crippen LogP contribution in [0.4, 0.5) is 5.69 Å². The van der Waals surface area contributed by atoms with Gasteiger partial charge in [0, 0.05) is 30.3 Å². The van der Waals surface area contributed by atoms with Crippen molar-refractivity contribution in [3.05, 3.63) is 155 Å². The molecular formula is C36H27ClN4O2. The molecule has 4 aromatic carbocycles. The number of anilines is 1. The van der Waals surface area contributed by atoms with Gasteiger partial charge in [-0.3, -0.25) is 14.6 Å². The summed E-state index contributed by atoms with van der Waals surface area (Å²) in [5.74, 6) is -0.368. The van der Waals surface area contributed by atoms with Gasteiger partial charge in [0.15, 0.2) is 0 Å². The Labute approximate surface area is 254 Å². The molecule has 3 heterocycles. The summed E-state index contributed by atoms with van der Waals surface area (Å²) < 4.78 is 1.99. The van der Waals surface area contributed by atoms with Gasteiger partial charge in [-0.2, -0.15) is 0 Å². The van der Waals surface area contributed by atoms with Gasteiger partial charge in [-0.1, -0.05) is 78.3 Å². The van der Waals surface area contributed by atoms with E-state index in [0.29, 0.717) is 35.9 Å². The lowest BCUT2D eigenvalue weighted by Crippen LogP contribution is -2.31. The van der Waals surface area contributed by atoms with Gasteiger partial charge < -0.3 is 14.8 Å². The molecule has 0 saturated carbocycles. The summed E-state index contributed by atoms with van der Waals surface area (Å²) in [7, 11) is 0. The Hall–Kier alpha value is -5.20. The number of amides is 2. The van der Waals surface area contributed by atoms with Gasteiger partial charge in [0.05, 0.1) is 23.7 Å². The number of nitrogens with zero attached hydrogens (tertiary/aromatic N) is 3. The molecule has 0 saturated heterocycles. The average molecular weight is 583 g/mol. The van der Waals surface area contributed by atoms with Gasteiger partial charge in [-0.25, -0.2) is 0 Å². The minimum Gasteiger partial charge on any atom is -0.347 e. The molecule has 6 nitrogen and oxygen atoms in total. The first-order chi connectivity index (χ1) is 21.1. The highest BCUT2D eigenvalue weighted by Gasteiger charge is 2.28. The van der Waals surface area contributed by atoms with Crippen molar-refractivity contribution in [1.29, 1.82) is 0 Å². The second-order valence-electron chi connectivity index (χ2n) is 10.6. The van der Waals surface area contributed by atoms with Gasteiger partial charge in [-0.05, 0) is 75.5 Å². The summed E-state index contributed by atoms with van der Waals surface area (Å²) in [5.41, 5.74) is 6.56. The number of aromatic nitrogens is 2. The van der Waals surface area contributed by atoms with Gasteiger partial charge in [0.2, 0.25) is 0 Å². The van der Waals surface area contributed by atoms with Crippen LogP contribution in [0.3, 0.4) is 0 Å². The normalized spacial score (nSPS) is 12.3. The predicted molar refractivity (Wildman–Crippen MR) is 170 cm³/mol. The van der Waals surface area contributed by atoms with E-state index in [4.69, 9.17) is 11.6 Å². The minimum absolute atomic E-state index is 0.174. The van der Waals surface area contributed by atoms with Crippen LogP contribution in [0.15, 0.2) is 122 Å². The standard InChI is InChI=1S/C36H27ClN4O2/c37-32-20-26(30-10-5-8-25-6-1-3-9-29(25)30)12-14-31(32)36(43)41-23-28-13-15-34(35(42)39-21-24-16-18-38-19-17-24)40(28)22-27-7-2-4-11-33(27)41/h1-20H,21-23H2,(H,39,42). The van der Waals surface area contributed by atoms with E-state index < -0.39 is 0 Å². The smallest absolute Gasteiger partial charge is 0.268 e. The van der Waals surface area contributed by atoms with E-state index in [1.54, 1.807) is 17.3 Å². The van der Waals surface area contributed by atoms with Crippen LogP contribution in [-0.4, -0.2) is 21.4 Å². The van der Waals surface area contributed by atoms with Crippen LogP contribution in [0.2, 0.25) is 5.02 Å². The number of hydrogen-bond donors (Lipinski definition) is 1. The number of para-hydroxylation sites is 1. The molecule has 0 bridgehead atoms. The van der Waals surface area contributed by atoms with E-state index in [1.807, 2.05) is 89.5 Å². The van der Waals surface area contributed by atoms with E-state index in [-0.39, 0.29) is 11.8 Å². The van der Waals surface area contributed by atoms with E-state index in [2.05, 4.69) is 34.6 Å². The number of pyridine rings is 1. The quantitative estimate of drug-likeness (QED) is 0.229. The van der Waals surface area contributed by atoms with Gasteiger partial charge in [0.1, 0.15) is 5.69 Å². The molecule has 1 N–H and O–H groups in total. The molecule has 0 atom stereocenters. The Balaban J connectivity index is 1.20. The highest BCUT2D eigenvalue weighted by molar-refractivity contribution is 6.35. The Bertz CT molecular complexity index is 1990. The van der Waals surface area contributed by atoms with Crippen molar-refractivity contribution < 1.29 is 9.59 Å². The third kappa shape index (κ3) is 5.07. The zero-order valence-corrected chi connectivity index (χ0v) is 24.0. The van der Waals surface area contributed by atoms with E-state index in [9.17, 15) is 9.59 Å². The number of benzene rings is 4. The number of halogens is 1. The maximum Gasteiger partial charge on any atom is 0.268 e. The highest BCUT2D eigenvalue weighted by Crippen LogP contribution is 2.34. The van der Waals surface area contributed by atoms with E-state index in [1.165, 1.54) is 0 Å². The topological polar surface area (TPSA) is 67.2 Å². The molecule has 43 heavy (non-hydrogen) atoms. The lowest BCUT2D eigenvalue weighted by Gasteiger charge is -2.23. The number of carbonyl (C=O) groups is 2. The molecule has 1 aliphatic heterocycles. The molecular weight excluding hydrogens is 556 g/mol. The third-order valence-corrected chi connectivity index (χ3v) is 8.30. The second-order valence-corrected chi connectivity index (χ2v) is 11.0. The molecule has 7 heteroatoms. The molecule has 0 radical (unpaired) electrons. The monoisotopic (exact) mass is 582 g/mol. The first-order valence-corrected chi connectivity index (χ1v) is 14.5. The highest BCUT2D eigenvalue weighted by atomic mass is 35.5. The molecule has 0 aliphatic carbocycles. The van der Waals surface area contributed by atoms with Gasteiger partial charge in [-0.15, -0.1) is 0 Å². The minimum atomic E-state index is -0.194. The Morgan fingerprint density at radius 2 is 1.60 bits per heavy atom. The summed E-state index contributed by atoms with van der Waals surface area (Å²) in [6, 6.07) is 35.3. The van der Waals surface area contributed by atoms with E-state index in [0.717, 1.165) is 44.4 Å². The van der Waals surface area contributed by atoms with Crippen LogP contribution >= 0.6 is 11.6 Å². The molecule has 2 aromatic heterocycles. The lowest BCUT2D eigenvalue weighted by atomic mass is 9.97. The Morgan fingerprint density at radius 1 is 0.814 bits per heavy atom. The number of carbonyl (C=O) groups excluding carboxylic acids is 2. The summed E-state index contributed by atoms with van der Waals surface area (Å²) in [5, 5.41) is 5.67. The third-order valence-electron chi connectivity index (χ3n) is 7.98. The average Bonchev–Trinajstić information content (AvgIpc) is 3.36. The van der Waals surface area contributed by atoms with Gasteiger partial charge in [0.25, 0.3) is 11.8 Å². The van der Waals surface area contributed by atoms with Crippen molar-refractivity contribution in [3.63, 3.8) is 0 Å². The zero-order chi connectivity index (χ0) is 29.3. The van der Waals surface area contributed by atoms with Crippen LogP contribution in [0.1, 0.15) is 37.7 Å². The lowest BCUT2D eigenvalue weighted by molar-refractivity contribution is 0.0941. The summed E-state index contributed by atoms with van der Waals surface area (Å²) in [6.45, 7) is 1.17. The van der Waals surface area contributed by atoms with Crippen molar-refractivity contribution in [2.75, 3.05) is 4.90 Å². The summed E-state index contributed by atoms with van der Waals surface area (Å²) in [6.07, 6.45) is 3.41. The first kappa shape index (κ1) is 26.7. The van der Waals surface area contributed by atoms with E-state index >= 15 is 0 Å². The molecule has 0 spiro atoms. The molecule has 210 valence electrons. The number of hydrogen-bond acceptors (Lipinski definition) is 3. The Morgan fingerprint density at radius 3 is 2.47 bits per heavy atom. The maximum absolute atomic E-state index is 14.2. The van der Waals surface area contributed by atoms with Crippen molar-refractivity contribution in [2.45, 2.75) is 19.6 Å². The molecule has 0 unspecified atom stereocenters. The molecule has 2 amide bonds. The Kier molecular flexibility index (Phi) is 6.97. The van der Waals surface area contributed by atoms with Crippen LogP contribution in [0.25, 0.3) is 21.9 Å². The van der Waals surface area contributed by atoms with Gasteiger partial charge >= 0.3 is 0 Å². The fourth-order valence-corrected chi connectivity index (χ4v) is 6.05. The fraction of sp³-hybridized carbons (Fsp3) is 0.0833. The van der Waals surface area contributed by atoms with Crippen LogP contribution in [0, 0.1) is 0 Å². The largest absolute Gasteiger partial charge is 0.347 e. The molecule has 1 aliphatic rings. The summed E-state index contributed by atoms with van der Waals surface area (Å²) in [4.78, 5) is 33.2.